The Hall–Kier alpha value is -0.170. The monoisotopic (exact) mass is 309 g/mol. The molecule has 0 radical (unpaired) electrons. The first-order chi connectivity index (χ1) is 9.39. The van der Waals surface area contributed by atoms with Crippen molar-refractivity contribution >= 4 is 10.4 Å². The van der Waals surface area contributed by atoms with Crippen LogP contribution in [0, 0.1) is 0 Å². The fourth-order valence-electron chi connectivity index (χ4n) is 2.20. The van der Waals surface area contributed by atoms with E-state index in [9.17, 15) is 8.42 Å². The smallest absolute Gasteiger partial charge is 0.311 e. The molecule has 20 heavy (non-hydrogen) atoms. The van der Waals surface area contributed by atoms with Crippen LogP contribution in [0.1, 0.15) is 72.1 Å². The lowest BCUT2D eigenvalue weighted by Crippen LogP contribution is -2.36. The highest BCUT2D eigenvalue weighted by molar-refractivity contribution is 7.80. The third-order valence-corrected chi connectivity index (χ3v) is 3.86. The number of rotatable bonds is 13. The molecule has 122 valence electrons. The van der Waals surface area contributed by atoms with Gasteiger partial charge in [-0.25, -0.2) is 4.18 Å². The van der Waals surface area contributed by atoms with Gasteiger partial charge in [0, 0.05) is 12.6 Å². The van der Waals surface area contributed by atoms with Crippen molar-refractivity contribution in [2.24, 2.45) is 0 Å². The first kappa shape index (κ1) is 19.8. The minimum Gasteiger partial charge on any atom is -0.311 e. The first-order valence-corrected chi connectivity index (χ1v) is 9.14. The zero-order chi connectivity index (χ0) is 15.4. The molecule has 0 aromatic rings. The van der Waals surface area contributed by atoms with E-state index in [0.29, 0.717) is 12.6 Å². The van der Waals surface area contributed by atoms with Crippen LogP contribution in [0.5, 0.6) is 0 Å². The maximum absolute atomic E-state index is 10.6. The van der Waals surface area contributed by atoms with E-state index in [1.807, 2.05) is 0 Å². The fraction of sp³-hybridized carbons (Fsp3) is 1.00. The van der Waals surface area contributed by atoms with Gasteiger partial charge in [-0.3, -0.25) is 4.55 Å². The maximum atomic E-state index is 10.6. The van der Waals surface area contributed by atoms with Gasteiger partial charge in [0.15, 0.2) is 0 Å². The van der Waals surface area contributed by atoms with Crippen molar-refractivity contribution < 1.29 is 17.2 Å². The first-order valence-electron chi connectivity index (χ1n) is 7.78. The molecular formula is C14H31NO4S. The topological polar surface area (TPSA) is 75.6 Å². The number of nitrogens with one attached hydrogen (secondary N) is 1. The van der Waals surface area contributed by atoms with Gasteiger partial charge in [-0.1, -0.05) is 52.4 Å². The van der Waals surface area contributed by atoms with Crippen molar-refractivity contribution in [2.45, 2.75) is 84.3 Å². The van der Waals surface area contributed by atoms with Crippen LogP contribution in [0.15, 0.2) is 0 Å². The van der Waals surface area contributed by atoms with Gasteiger partial charge >= 0.3 is 10.4 Å². The van der Waals surface area contributed by atoms with E-state index in [1.165, 1.54) is 38.5 Å². The van der Waals surface area contributed by atoms with E-state index >= 15 is 0 Å². The molecule has 1 atom stereocenters. The number of hydrogen-bond acceptors (Lipinski definition) is 4. The van der Waals surface area contributed by atoms with Gasteiger partial charge in [0.2, 0.25) is 0 Å². The molecule has 2 N–H and O–H groups in total. The van der Waals surface area contributed by atoms with E-state index in [-0.39, 0.29) is 0 Å². The van der Waals surface area contributed by atoms with E-state index in [4.69, 9.17) is 4.55 Å². The van der Waals surface area contributed by atoms with Crippen molar-refractivity contribution in [1.82, 2.24) is 5.32 Å². The molecule has 0 aromatic carbocycles. The van der Waals surface area contributed by atoms with Crippen molar-refractivity contribution in [3.05, 3.63) is 0 Å². The summed E-state index contributed by atoms with van der Waals surface area (Å²) in [4.78, 5) is 0. The molecule has 0 spiro atoms. The van der Waals surface area contributed by atoms with Crippen molar-refractivity contribution in [2.75, 3.05) is 6.54 Å². The van der Waals surface area contributed by atoms with Crippen LogP contribution in [0.25, 0.3) is 0 Å². The number of hydrogen-bond donors (Lipinski definition) is 2. The lowest BCUT2D eigenvalue weighted by Gasteiger charge is -2.20. The van der Waals surface area contributed by atoms with E-state index < -0.39 is 16.5 Å². The molecular weight excluding hydrogens is 278 g/mol. The van der Waals surface area contributed by atoms with Gasteiger partial charge in [-0.2, -0.15) is 8.42 Å². The Balaban J connectivity index is 4.05. The van der Waals surface area contributed by atoms with E-state index in [0.717, 1.165) is 12.8 Å². The molecule has 0 heterocycles. The molecule has 0 rings (SSSR count). The zero-order valence-electron chi connectivity index (χ0n) is 13.1. The summed E-state index contributed by atoms with van der Waals surface area (Å²) in [6.07, 6.45) is 8.89. The Morgan fingerprint density at radius 3 is 1.95 bits per heavy atom. The molecule has 0 bridgehead atoms. The average Bonchev–Trinajstić information content (AvgIpc) is 2.33. The zero-order valence-corrected chi connectivity index (χ0v) is 13.9. The Bertz CT molecular complexity index is 309. The minimum atomic E-state index is -4.35. The second kappa shape index (κ2) is 11.5. The van der Waals surface area contributed by atoms with Gasteiger partial charge in [-0.05, 0) is 19.8 Å². The van der Waals surface area contributed by atoms with Crippen LogP contribution in [0.4, 0.5) is 0 Å². The van der Waals surface area contributed by atoms with Crippen LogP contribution < -0.4 is 5.32 Å². The van der Waals surface area contributed by atoms with E-state index in [2.05, 4.69) is 23.3 Å². The molecule has 1 unspecified atom stereocenters. The van der Waals surface area contributed by atoms with Crippen LogP contribution in [0.2, 0.25) is 0 Å². The molecule has 0 aromatic heterocycles. The molecule has 0 aliphatic rings. The summed E-state index contributed by atoms with van der Waals surface area (Å²) < 4.78 is 34.4. The second-order valence-corrected chi connectivity index (χ2v) is 6.48. The van der Waals surface area contributed by atoms with E-state index in [1.54, 1.807) is 6.92 Å². The van der Waals surface area contributed by atoms with Crippen molar-refractivity contribution in [3.8, 4) is 0 Å². The molecule has 0 fully saturated rings. The van der Waals surface area contributed by atoms with Crippen LogP contribution in [-0.2, 0) is 14.6 Å². The van der Waals surface area contributed by atoms with Gasteiger partial charge in [0.25, 0.3) is 0 Å². The van der Waals surface area contributed by atoms with Crippen molar-refractivity contribution in [3.63, 3.8) is 0 Å². The third-order valence-electron chi connectivity index (χ3n) is 3.29. The Morgan fingerprint density at radius 1 is 1.05 bits per heavy atom. The second-order valence-electron chi connectivity index (χ2n) is 5.43. The molecule has 6 heteroatoms. The summed E-state index contributed by atoms with van der Waals surface area (Å²) in [5.74, 6) is 0. The van der Waals surface area contributed by atoms with Gasteiger partial charge < -0.3 is 5.32 Å². The maximum Gasteiger partial charge on any atom is 0.397 e. The molecule has 0 saturated heterocycles. The van der Waals surface area contributed by atoms with Crippen LogP contribution in [0.3, 0.4) is 0 Å². The molecule has 5 nitrogen and oxygen atoms in total. The molecule has 0 amide bonds. The summed E-state index contributed by atoms with van der Waals surface area (Å²) in [5, 5.41) is 3.36. The molecule has 0 saturated carbocycles. The Morgan fingerprint density at radius 2 is 1.55 bits per heavy atom. The quantitative estimate of drug-likeness (QED) is 0.403. The molecule has 0 aliphatic carbocycles. The lowest BCUT2D eigenvalue weighted by atomic mass is 10.0. The van der Waals surface area contributed by atoms with Gasteiger partial charge in [0.1, 0.15) is 0 Å². The predicted molar refractivity (Wildman–Crippen MR) is 82.2 cm³/mol. The normalized spacial score (nSPS) is 13.8. The van der Waals surface area contributed by atoms with Gasteiger partial charge in [0.05, 0.1) is 6.10 Å². The summed E-state index contributed by atoms with van der Waals surface area (Å²) in [5.41, 5.74) is 0. The number of unbranched alkanes of at least 4 members (excludes halogenated alkanes) is 4. The Labute approximate surface area is 124 Å². The highest BCUT2D eigenvalue weighted by Crippen LogP contribution is 2.11. The SMILES string of the molecule is CCCCCC(CCCCC)NCC(C)OS(=O)(=O)O. The van der Waals surface area contributed by atoms with Crippen molar-refractivity contribution in [1.29, 1.82) is 0 Å². The third kappa shape index (κ3) is 12.8. The summed E-state index contributed by atoms with van der Waals surface area (Å²) in [6, 6.07) is 0.403. The summed E-state index contributed by atoms with van der Waals surface area (Å²) >= 11 is 0. The van der Waals surface area contributed by atoms with Crippen LogP contribution >= 0.6 is 0 Å². The Kier molecular flexibility index (Phi) is 11.4. The summed E-state index contributed by atoms with van der Waals surface area (Å²) in [6.45, 7) is 6.43. The minimum absolute atomic E-state index is 0.403. The highest BCUT2D eigenvalue weighted by atomic mass is 32.3. The molecule has 0 aliphatic heterocycles. The average molecular weight is 309 g/mol. The fourth-order valence-corrected chi connectivity index (χ4v) is 2.69. The lowest BCUT2D eigenvalue weighted by molar-refractivity contribution is 0.188. The summed E-state index contributed by atoms with van der Waals surface area (Å²) in [7, 11) is -4.35. The largest absolute Gasteiger partial charge is 0.397 e. The highest BCUT2D eigenvalue weighted by Gasteiger charge is 2.14. The standard InChI is InChI=1S/C14H31NO4S/c1-4-6-8-10-14(11-9-7-5-2)15-12-13(3)19-20(16,17)18/h13-15H,4-12H2,1-3H3,(H,16,17,18). The van der Waals surface area contributed by atoms with Gasteiger partial charge in [-0.15, -0.1) is 0 Å². The predicted octanol–water partition coefficient (Wildman–Crippen LogP) is 3.31. The van der Waals surface area contributed by atoms with Crippen LogP contribution in [-0.4, -0.2) is 31.7 Å².